The zero-order chi connectivity index (χ0) is 10.6. The van der Waals surface area contributed by atoms with Crippen molar-refractivity contribution < 1.29 is 9.90 Å². The van der Waals surface area contributed by atoms with Crippen molar-refractivity contribution >= 4 is 29.5 Å². The molecule has 1 N–H and O–H groups in total. The molecule has 0 aromatic heterocycles. The fourth-order valence-electron chi connectivity index (χ4n) is 1.17. The lowest BCUT2D eigenvalue weighted by Gasteiger charge is -2.07. The Kier molecular flexibility index (Phi) is 4.35. The number of aromatic carboxylic acids is 1. The first kappa shape index (κ1) is 11.5. The molecule has 0 saturated heterocycles. The molecule has 0 bridgehead atoms. The number of rotatable bonds is 4. The summed E-state index contributed by atoms with van der Waals surface area (Å²) in [5, 5.41) is 9.08. The Morgan fingerprint density at radius 2 is 2.07 bits per heavy atom. The van der Waals surface area contributed by atoms with E-state index in [-0.39, 0.29) is 0 Å². The van der Waals surface area contributed by atoms with Crippen molar-refractivity contribution in [2.75, 3.05) is 12.0 Å². The van der Waals surface area contributed by atoms with E-state index in [1.807, 2.05) is 31.4 Å². The molecule has 0 atom stereocenters. The first-order valence-electron chi connectivity index (χ1n) is 4.23. The summed E-state index contributed by atoms with van der Waals surface area (Å²) in [6.45, 7) is 2.02. The van der Waals surface area contributed by atoms with Gasteiger partial charge in [-0.1, -0.05) is 13.0 Å². The molecule has 0 aliphatic heterocycles. The third-order valence-corrected chi connectivity index (χ3v) is 3.44. The van der Waals surface area contributed by atoms with Gasteiger partial charge in [-0.3, -0.25) is 0 Å². The van der Waals surface area contributed by atoms with Crippen LogP contribution in [0.4, 0.5) is 0 Å². The van der Waals surface area contributed by atoms with E-state index in [9.17, 15) is 4.79 Å². The molecule has 4 heteroatoms. The van der Waals surface area contributed by atoms with Gasteiger partial charge in [0, 0.05) is 9.79 Å². The number of hydrogen-bond acceptors (Lipinski definition) is 3. The molecule has 14 heavy (non-hydrogen) atoms. The highest BCUT2D eigenvalue weighted by molar-refractivity contribution is 7.99. The lowest BCUT2D eigenvalue weighted by atomic mass is 10.2. The van der Waals surface area contributed by atoms with Crippen molar-refractivity contribution in [3.8, 4) is 0 Å². The highest BCUT2D eigenvalue weighted by atomic mass is 32.2. The van der Waals surface area contributed by atoms with E-state index in [2.05, 4.69) is 0 Å². The van der Waals surface area contributed by atoms with Gasteiger partial charge in [0.1, 0.15) is 0 Å². The summed E-state index contributed by atoms with van der Waals surface area (Å²) in [5.74, 6) is 0.0453. The van der Waals surface area contributed by atoms with Crippen LogP contribution in [0.1, 0.15) is 17.3 Å². The van der Waals surface area contributed by atoms with Crippen molar-refractivity contribution in [2.45, 2.75) is 16.7 Å². The predicted octanol–water partition coefficient (Wildman–Crippen LogP) is 3.22. The van der Waals surface area contributed by atoms with Gasteiger partial charge in [0.05, 0.1) is 5.56 Å². The van der Waals surface area contributed by atoms with Crippen molar-refractivity contribution in [3.05, 3.63) is 23.8 Å². The number of carboxylic acids is 1. The Morgan fingerprint density at radius 3 is 2.57 bits per heavy atom. The number of carboxylic acid groups (broad SMARTS) is 1. The van der Waals surface area contributed by atoms with E-state index in [1.54, 1.807) is 11.8 Å². The fourth-order valence-corrected chi connectivity index (χ4v) is 2.68. The molecule has 0 unspecified atom stereocenters. The summed E-state index contributed by atoms with van der Waals surface area (Å²) in [6.07, 6.45) is 1.89. The van der Waals surface area contributed by atoms with Gasteiger partial charge >= 0.3 is 5.97 Å². The second-order valence-electron chi connectivity index (χ2n) is 2.57. The topological polar surface area (TPSA) is 37.3 Å². The van der Waals surface area contributed by atoms with Gasteiger partial charge in [-0.25, -0.2) is 4.79 Å². The van der Waals surface area contributed by atoms with Gasteiger partial charge in [0.25, 0.3) is 0 Å². The van der Waals surface area contributed by atoms with Gasteiger partial charge in [-0.15, -0.1) is 23.5 Å². The molecule has 76 valence electrons. The molecule has 2 nitrogen and oxygen atoms in total. The molecule has 0 amide bonds. The predicted molar refractivity (Wildman–Crippen MR) is 61.6 cm³/mol. The van der Waals surface area contributed by atoms with Gasteiger partial charge in [0.2, 0.25) is 0 Å². The molecule has 1 rings (SSSR count). The maximum atomic E-state index is 11.0. The molecule has 1 aromatic rings. The van der Waals surface area contributed by atoms with Crippen LogP contribution in [-0.2, 0) is 0 Å². The van der Waals surface area contributed by atoms with Gasteiger partial charge in [-0.2, -0.15) is 0 Å². The van der Waals surface area contributed by atoms with Gasteiger partial charge < -0.3 is 5.11 Å². The molecule has 0 saturated carbocycles. The monoisotopic (exact) mass is 228 g/mol. The van der Waals surface area contributed by atoms with E-state index in [0.29, 0.717) is 5.56 Å². The van der Waals surface area contributed by atoms with E-state index < -0.39 is 5.97 Å². The minimum absolute atomic E-state index is 0.437. The van der Waals surface area contributed by atoms with Crippen molar-refractivity contribution in [1.82, 2.24) is 0 Å². The SMILES string of the molecule is CCSc1cccc(SC)c1C(=O)O. The number of hydrogen-bond donors (Lipinski definition) is 1. The number of benzene rings is 1. The van der Waals surface area contributed by atoms with Crippen LogP contribution in [-0.4, -0.2) is 23.1 Å². The average molecular weight is 228 g/mol. The smallest absolute Gasteiger partial charge is 0.337 e. The van der Waals surface area contributed by atoms with E-state index >= 15 is 0 Å². The van der Waals surface area contributed by atoms with Gasteiger partial charge in [-0.05, 0) is 24.1 Å². The second kappa shape index (κ2) is 5.32. The standard InChI is InChI=1S/C10H12O2S2/c1-3-14-8-6-4-5-7(13-2)9(8)10(11)12/h4-6H,3H2,1-2H3,(H,11,12). The van der Waals surface area contributed by atoms with Crippen LogP contribution in [0.5, 0.6) is 0 Å². The van der Waals surface area contributed by atoms with Crippen molar-refractivity contribution in [3.63, 3.8) is 0 Å². The molecule has 1 aromatic carbocycles. The molecular formula is C10H12O2S2. The molecule has 0 heterocycles. The van der Waals surface area contributed by atoms with Crippen LogP contribution >= 0.6 is 23.5 Å². The highest BCUT2D eigenvalue weighted by Gasteiger charge is 2.14. The lowest BCUT2D eigenvalue weighted by Crippen LogP contribution is -2.01. The van der Waals surface area contributed by atoms with Gasteiger partial charge in [0.15, 0.2) is 0 Å². The second-order valence-corrected chi connectivity index (χ2v) is 4.73. The summed E-state index contributed by atoms with van der Waals surface area (Å²) >= 11 is 3.04. The molecule has 0 aliphatic rings. The summed E-state index contributed by atoms with van der Waals surface area (Å²) in [4.78, 5) is 12.7. The van der Waals surface area contributed by atoms with E-state index in [0.717, 1.165) is 15.5 Å². The highest BCUT2D eigenvalue weighted by Crippen LogP contribution is 2.30. The maximum absolute atomic E-state index is 11.0. The van der Waals surface area contributed by atoms with E-state index in [1.165, 1.54) is 11.8 Å². The quantitative estimate of drug-likeness (QED) is 0.803. The zero-order valence-electron chi connectivity index (χ0n) is 8.11. The van der Waals surface area contributed by atoms with Crippen LogP contribution in [0.3, 0.4) is 0 Å². The van der Waals surface area contributed by atoms with E-state index in [4.69, 9.17) is 5.11 Å². The van der Waals surface area contributed by atoms with Crippen molar-refractivity contribution in [1.29, 1.82) is 0 Å². The Bertz CT molecular complexity index is 337. The summed E-state index contributed by atoms with van der Waals surface area (Å²) in [7, 11) is 0. The molecule has 0 radical (unpaired) electrons. The fraction of sp³-hybridized carbons (Fsp3) is 0.300. The summed E-state index contributed by atoms with van der Waals surface area (Å²) in [5.41, 5.74) is 0.437. The Hall–Kier alpha value is -0.610. The number of thioether (sulfide) groups is 2. The molecular weight excluding hydrogens is 216 g/mol. The normalized spacial score (nSPS) is 10.1. The largest absolute Gasteiger partial charge is 0.478 e. The molecule has 0 aliphatic carbocycles. The van der Waals surface area contributed by atoms with Crippen LogP contribution in [0.2, 0.25) is 0 Å². The molecule has 0 spiro atoms. The average Bonchev–Trinajstić information content (AvgIpc) is 2.17. The Balaban J connectivity index is 3.20. The minimum atomic E-state index is -0.842. The summed E-state index contributed by atoms with van der Waals surface area (Å²) < 4.78 is 0. The van der Waals surface area contributed by atoms with Crippen LogP contribution < -0.4 is 0 Å². The zero-order valence-corrected chi connectivity index (χ0v) is 9.74. The van der Waals surface area contributed by atoms with Crippen LogP contribution in [0.15, 0.2) is 28.0 Å². The van der Waals surface area contributed by atoms with Crippen LogP contribution in [0.25, 0.3) is 0 Å². The maximum Gasteiger partial charge on any atom is 0.337 e. The lowest BCUT2D eigenvalue weighted by molar-refractivity contribution is 0.0689. The number of carbonyl (C=O) groups is 1. The first-order valence-corrected chi connectivity index (χ1v) is 6.44. The third-order valence-electron chi connectivity index (χ3n) is 1.72. The Labute approximate surface area is 92.1 Å². The third kappa shape index (κ3) is 2.45. The summed E-state index contributed by atoms with van der Waals surface area (Å²) in [6, 6.07) is 5.60. The van der Waals surface area contributed by atoms with Crippen molar-refractivity contribution in [2.24, 2.45) is 0 Å². The Morgan fingerprint density at radius 1 is 1.43 bits per heavy atom. The molecule has 0 fully saturated rings. The minimum Gasteiger partial charge on any atom is -0.478 e. The first-order chi connectivity index (χ1) is 6.70. The van der Waals surface area contributed by atoms with Crippen LogP contribution in [0, 0.1) is 0 Å².